The molecule has 0 atom stereocenters. The molecule has 0 radical (unpaired) electrons. The van der Waals surface area contributed by atoms with E-state index in [1.807, 2.05) is 54.9 Å². The number of rotatable bonds is 4. The Labute approximate surface area is 171 Å². The number of aromatic nitrogens is 2. The van der Waals surface area contributed by atoms with E-state index in [1.165, 1.54) is 0 Å². The zero-order valence-electron chi connectivity index (χ0n) is 16.4. The molecule has 5 rings (SSSR count). The monoisotopic (exact) mass is 384 g/mol. The van der Waals surface area contributed by atoms with Crippen molar-refractivity contribution in [2.24, 2.45) is 0 Å². The number of carbonyl (C=O) groups is 1. The van der Waals surface area contributed by atoms with E-state index >= 15 is 0 Å². The average molecular weight is 384 g/mol. The molecule has 0 unspecified atom stereocenters. The highest BCUT2D eigenvalue weighted by atomic mass is 16.2. The highest BCUT2D eigenvalue weighted by molar-refractivity contribution is 5.99. The van der Waals surface area contributed by atoms with Crippen LogP contribution in [0.2, 0.25) is 0 Å². The molecular formula is C24H24N4O. The molecule has 0 N–H and O–H groups in total. The quantitative estimate of drug-likeness (QED) is 0.689. The van der Waals surface area contributed by atoms with Crippen LogP contribution in [0.5, 0.6) is 0 Å². The van der Waals surface area contributed by atoms with E-state index in [0.717, 1.165) is 55.0 Å². The minimum Gasteiger partial charge on any atom is -0.323 e. The largest absolute Gasteiger partial charge is 0.323 e. The summed E-state index contributed by atoms with van der Waals surface area (Å²) in [6, 6.07) is 20.1. The van der Waals surface area contributed by atoms with E-state index in [-0.39, 0.29) is 11.4 Å². The van der Waals surface area contributed by atoms with E-state index in [1.54, 1.807) is 0 Å². The van der Waals surface area contributed by atoms with Crippen LogP contribution in [0.3, 0.4) is 0 Å². The van der Waals surface area contributed by atoms with Gasteiger partial charge in [-0.25, -0.2) is 0 Å². The van der Waals surface area contributed by atoms with Gasteiger partial charge < -0.3 is 4.90 Å². The van der Waals surface area contributed by atoms with Gasteiger partial charge in [0.1, 0.15) is 0 Å². The fraction of sp³-hybridized carbons (Fsp3) is 0.292. The number of likely N-dealkylation sites (tertiary alicyclic amines) is 1. The second kappa shape index (κ2) is 7.41. The van der Waals surface area contributed by atoms with Crippen LogP contribution in [0.4, 0.5) is 0 Å². The minimum atomic E-state index is -0.315. The first kappa shape index (κ1) is 18.0. The van der Waals surface area contributed by atoms with E-state index in [9.17, 15) is 4.79 Å². The molecule has 2 aliphatic heterocycles. The molecule has 0 saturated carbocycles. The highest BCUT2D eigenvalue weighted by Gasteiger charge is 2.51. The zero-order valence-corrected chi connectivity index (χ0v) is 16.4. The summed E-state index contributed by atoms with van der Waals surface area (Å²) < 4.78 is 0. The summed E-state index contributed by atoms with van der Waals surface area (Å²) in [5.41, 5.74) is 3.65. The third kappa shape index (κ3) is 3.21. The van der Waals surface area contributed by atoms with Crippen molar-refractivity contribution in [3.05, 3.63) is 95.6 Å². The van der Waals surface area contributed by atoms with Crippen LogP contribution in [0.15, 0.2) is 73.1 Å². The first-order valence-corrected chi connectivity index (χ1v) is 10.2. The van der Waals surface area contributed by atoms with Gasteiger partial charge in [-0.2, -0.15) is 0 Å². The molecule has 5 nitrogen and oxygen atoms in total. The van der Waals surface area contributed by atoms with Gasteiger partial charge in [0, 0.05) is 38.6 Å². The Morgan fingerprint density at radius 1 is 0.828 bits per heavy atom. The Morgan fingerprint density at radius 2 is 1.59 bits per heavy atom. The number of hydrogen-bond acceptors (Lipinski definition) is 4. The smallest absolute Gasteiger partial charge is 0.256 e. The molecule has 4 heterocycles. The summed E-state index contributed by atoms with van der Waals surface area (Å²) in [7, 11) is 0. The van der Waals surface area contributed by atoms with Crippen molar-refractivity contribution in [3.8, 4) is 0 Å². The summed E-state index contributed by atoms with van der Waals surface area (Å²) >= 11 is 0. The van der Waals surface area contributed by atoms with Crippen LogP contribution < -0.4 is 0 Å². The van der Waals surface area contributed by atoms with E-state index in [4.69, 9.17) is 4.98 Å². The second-order valence-electron chi connectivity index (χ2n) is 7.91. The first-order valence-electron chi connectivity index (χ1n) is 10.2. The predicted octanol–water partition coefficient (Wildman–Crippen LogP) is 3.62. The fourth-order valence-electron chi connectivity index (χ4n) is 4.71. The third-order valence-electron chi connectivity index (χ3n) is 6.22. The highest BCUT2D eigenvalue weighted by Crippen LogP contribution is 2.46. The molecule has 1 saturated heterocycles. The van der Waals surface area contributed by atoms with E-state index < -0.39 is 0 Å². The van der Waals surface area contributed by atoms with Gasteiger partial charge in [-0.05, 0) is 42.7 Å². The lowest BCUT2D eigenvalue weighted by Crippen LogP contribution is -2.51. The number of carbonyl (C=O) groups excluding carboxylic acids is 1. The van der Waals surface area contributed by atoms with Crippen molar-refractivity contribution in [1.82, 2.24) is 19.8 Å². The lowest BCUT2D eigenvalue weighted by molar-refractivity contribution is 0.0198. The van der Waals surface area contributed by atoms with Crippen LogP contribution >= 0.6 is 0 Å². The average Bonchev–Trinajstić information content (AvgIpc) is 3.00. The van der Waals surface area contributed by atoms with Crippen LogP contribution in [0.25, 0.3) is 0 Å². The Hall–Kier alpha value is -3.05. The molecule has 0 aliphatic carbocycles. The Kier molecular flexibility index (Phi) is 4.60. The predicted molar refractivity (Wildman–Crippen MR) is 111 cm³/mol. The normalized spacial score (nSPS) is 18.2. The molecule has 1 fully saturated rings. The van der Waals surface area contributed by atoms with Crippen molar-refractivity contribution in [2.75, 3.05) is 13.1 Å². The number of piperidine rings is 1. The summed E-state index contributed by atoms with van der Waals surface area (Å²) in [6.45, 7) is 3.31. The molecule has 1 amide bonds. The Morgan fingerprint density at radius 3 is 2.34 bits per heavy atom. The van der Waals surface area contributed by atoms with Gasteiger partial charge in [0.15, 0.2) is 0 Å². The second-order valence-corrected chi connectivity index (χ2v) is 7.91. The standard InChI is InChI=1S/C24H24N4O/c29-23-21-10-6-14-26-22(21)24(28(23)17-19-7-2-1-3-8-19)11-15-27(16-12-24)18-20-9-4-5-13-25-20/h1-10,13-14H,11-12,15-18H2. The minimum absolute atomic E-state index is 0.107. The van der Waals surface area contributed by atoms with Crippen molar-refractivity contribution < 1.29 is 4.79 Å². The maximum absolute atomic E-state index is 13.3. The van der Waals surface area contributed by atoms with Gasteiger partial charge in [-0.1, -0.05) is 36.4 Å². The van der Waals surface area contributed by atoms with Crippen molar-refractivity contribution in [1.29, 1.82) is 0 Å². The molecule has 3 aromatic rings. The van der Waals surface area contributed by atoms with Gasteiger partial charge in [0.2, 0.25) is 0 Å². The summed E-state index contributed by atoms with van der Waals surface area (Å²) in [6.07, 6.45) is 5.45. The number of nitrogens with zero attached hydrogens (tertiary/aromatic N) is 4. The van der Waals surface area contributed by atoms with Crippen LogP contribution in [0.1, 0.15) is 40.2 Å². The number of amides is 1. The Balaban J connectivity index is 1.42. The molecular weight excluding hydrogens is 360 g/mol. The zero-order chi connectivity index (χ0) is 19.7. The SMILES string of the molecule is O=C1c2cccnc2C2(CCN(Cc3ccccn3)CC2)N1Cc1ccccc1. The number of pyridine rings is 2. The number of benzene rings is 1. The summed E-state index contributed by atoms with van der Waals surface area (Å²) in [5, 5.41) is 0. The molecule has 2 aromatic heterocycles. The fourth-order valence-corrected chi connectivity index (χ4v) is 4.71. The lowest BCUT2D eigenvalue weighted by atomic mass is 9.83. The van der Waals surface area contributed by atoms with Crippen LogP contribution in [0, 0.1) is 0 Å². The maximum atomic E-state index is 13.3. The molecule has 1 spiro atoms. The number of fused-ring (bicyclic) bond motifs is 2. The molecule has 5 heteroatoms. The molecule has 0 bridgehead atoms. The summed E-state index contributed by atoms with van der Waals surface area (Å²) in [4.78, 5) is 27.0. The summed E-state index contributed by atoms with van der Waals surface area (Å²) in [5.74, 6) is 0.107. The molecule has 29 heavy (non-hydrogen) atoms. The van der Waals surface area contributed by atoms with Gasteiger partial charge in [0.25, 0.3) is 5.91 Å². The van der Waals surface area contributed by atoms with Crippen LogP contribution in [-0.4, -0.2) is 38.8 Å². The van der Waals surface area contributed by atoms with E-state index in [0.29, 0.717) is 6.54 Å². The van der Waals surface area contributed by atoms with Crippen molar-refractivity contribution in [3.63, 3.8) is 0 Å². The van der Waals surface area contributed by atoms with Gasteiger partial charge in [0.05, 0.1) is 22.5 Å². The lowest BCUT2D eigenvalue weighted by Gasteiger charge is -2.44. The number of hydrogen-bond donors (Lipinski definition) is 0. The van der Waals surface area contributed by atoms with E-state index in [2.05, 4.69) is 33.0 Å². The van der Waals surface area contributed by atoms with Crippen molar-refractivity contribution >= 4 is 5.91 Å². The first-order chi connectivity index (χ1) is 14.3. The van der Waals surface area contributed by atoms with Crippen LogP contribution in [-0.2, 0) is 18.6 Å². The molecule has 1 aromatic carbocycles. The van der Waals surface area contributed by atoms with Crippen molar-refractivity contribution in [2.45, 2.75) is 31.5 Å². The third-order valence-corrected chi connectivity index (χ3v) is 6.22. The maximum Gasteiger partial charge on any atom is 0.256 e. The topological polar surface area (TPSA) is 49.3 Å². The molecule has 146 valence electrons. The van der Waals surface area contributed by atoms with Gasteiger partial charge in [-0.15, -0.1) is 0 Å². The van der Waals surface area contributed by atoms with Gasteiger partial charge in [-0.3, -0.25) is 19.7 Å². The molecule has 2 aliphatic rings. The Bertz CT molecular complexity index is 998. The van der Waals surface area contributed by atoms with Gasteiger partial charge >= 0.3 is 0 Å².